The standard InChI is InChI=1S/C10H10N2O/c1-8-3-2-4-9-7-11-10(5-6-13)12(8)9/h2-4,6-7H,5H2,1H3. The summed E-state index contributed by atoms with van der Waals surface area (Å²) >= 11 is 0. The van der Waals surface area contributed by atoms with Gasteiger partial charge in [0.2, 0.25) is 0 Å². The summed E-state index contributed by atoms with van der Waals surface area (Å²) in [4.78, 5) is 14.6. The molecule has 0 saturated carbocycles. The van der Waals surface area contributed by atoms with Crippen molar-refractivity contribution in [2.45, 2.75) is 13.3 Å². The van der Waals surface area contributed by atoms with Crippen molar-refractivity contribution in [1.82, 2.24) is 9.38 Å². The quantitative estimate of drug-likeness (QED) is 0.645. The van der Waals surface area contributed by atoms with Crippen molar-refractivity contribution in [2.24, 2.45) is 0 Å². The second kappa shape index (κ2) is 3.01. The van der Waals surface area contributed by atoms with Crippen molar-refractivity contribution in [3.63, 3.8) is 0 Å². The summed E-state index contributed by atoms with van der Waals surface area (Å²) in [6.07, 6.45) is 3.03. The van der Waals surface area contributed by atoms with Crippen LogP contribution in [0.4, 0.5) is 0 Å². The van der Waals surface area contributed by atoms with E-state index < -0.39 is 0 Å². The van der Waals surface area contributed by atoms with E-state index in [4.69, 9.17) is 0 Å². The SMILES string of the molecule is Cc1cccc2cnc(CC=O)n12. The number of carbonyl (C=O) groups excluding carboxylic acids is 1. The number of aryl methyl sites for hydroxylation is 1. The van der Waals surface area contributed by atoms with E-state index in [2.05, 4.69) is 4.98 Å². The van der Waals surface area contributed by atoms with Crippen LogP contribution in [0.2, 0.25) is 0 Å². The van der Waals surface area contributed by atoms with E-state index in [1.807, 2.05) is 29.5 Å². The normalized spacial score (nSPS) is 10.5. The fourth-order valence-electron chi connectivity index (χ4n) is 1.51. The van der Waals surface area contributed by atoms with Gasteiger partial charge in [0.25, 0.3) is 0 Å². The van der Waals surface area contributed by atoms with Gasteiger partial charge >= 0.3 is 0 Å². The predicted octanol–water partition coefficient (Wildman–Crippen LogP) is 1.38. The summed E-state index contributed by atoms with van der Waals surface area (Å²) in [5, 5.41) is 0. The molecule has 2 aromatic heterocycles. The fourth-order valence-corrected chi connectivity index (χ4v) is 1.51. The second-order valence-electron chi connectivity index (χ2n) is 2.97. The zero-order valence-corrected chi connectivity index (χ0v) is 7.40. The molecule has 3 heteroatoms. The van der Waals surface area contributed by atoms with E-state index in [1.54, 1.807) is 6.20 Å². The van der Waals surface area contributed by atoms with E-state index in [1.165, 1.54) is 0 Å². The number of aromatic nitrogens is 2. The highest BCUT2D eigenvalue weighted by Gasteiger charge is 2.03. The zero-order valence-electron chi connectivity index (χ0n) is 7.40. The maximum atomic E-state index is 10.4. The van der Waals surface area contributed by atoms with Gasteiger partial charge in [0, 0.05) is 5.69 Å². The third-order valence-corrected chi connectivity index (χ3v) is 2.09. The summed E-state index contributed by atoms with van der Waals surface area (Å²) in [5.74, 6) is 0.808. The molecule has 0 unspecified atom stereocenters. The average molecular weight is 174 g/mol. The summed E-state index contributed by atoms with van der Waals surface area (Å²) in [7, 11) is 0. The molecule has 0 aliphatic heterocycles. The molecular weight excluding hydrogens is 164 g/mol. The van der Waals surface area contributed by atoms with Crippen LogP contribution in [0.15, 0.2) is 24.4 Å². The average Bonchev–Trinajstić information content (AvgIpc) is 2.51. The number of hydrogen-bond acceptors (Lipinski definition) is 2. The Bertz CT molecular complexity index is 445. The maximum Gasteiger partial charge on any atom is 0.127 e. The Morgan fingerprint density at radius 2 is 2.38 bits per heavy atom. The lowest BCUT2D eigenvalue weighted by Crippen LogP contribution is -1.98. The van der Waals surface area contributed by atoms with Gasteiger partial charge in [-0.2, -0.15) is 0 Å². The van der Waals surface area contributed by atoms with Crippen molar-refractivity contribution in [3.05, 3.63) is 35.9 Å². The zero-order chi connectivity index (χ0) is 9.26. The number of imidazole rings is 1. The summed E-state index contributed by atoms with van der Waals surface area (Å²) in [6, 6.07) is 5.97. The number of pyridine rings is 1. The number of carbonyl (C=O) groups is 1. The highest BCUT2D eigenvalue weighted by molar-refractivity contribution is 5.56. The lowest BCUT2D eigenvalue weighted by molar-refractivity contribution is -0.107. The maximum absolute atomic E-state index is 10.4. The first kappa shape index (κ1) is 7.98. The third kappa shape index (κ3) is 1.22. The molecule has 0 bridgehead atoms. The van der Waals surface area contributed by atoms with Crippen LogP contribution in [-0.2, 0) is 11.2 Å². The molecular formula is C10H10N2O. The van der Waals surface area contributed by atoms with Crippen molar-refractivity contribution >= 4 is 11.8 Å². The van der Waals surface area contributed by atoms with E-state index in [0.717, 1.165) is 23.3 Å². The highest BCUT2D eigenvalue weighted by Crippen LogP contribution is 2.09. The molecule has 66 valence electrons. The van der Waals surface area contributed by atoms with Crippen LogP contribution < -0.4 is 0 Å². The van der Waals surface area contributed by atoms with Gasteiger partial charge in [0.15, 0.2) is 0 Å². The Hall–Kier alpha value is -1.64. The number of rotatable bonds is 2. The molecule has 0 spiro atoms. The number of aldehydes is 1. The molecule has 0 saturated heterocycles. The minimum Gasteiger partial charge on any atom is -0.303 e. The van der Waals surface area contributed by atoms with Crippen LogP contribution in [-0.4, -0.2) is 15.7 Å². The van der Waals surface area contributed by atoms with Gasteiger partial charge in [-0.05, 0) is 19.1 Å². The molecule has 0 N–H and O–H groups in total. The van der Waals surface area contributed by atoms with Crippen molar-refractivity contribution in [3.8, 4) is 0 Å². The number of nitrogens with zero attached hydrogens (tertiary/aromatic N) is 2. The van der Waals surface area contributed by atoms with E-state index in [9.17, 15) is 4.79 Å². The minimum atomic E-state index is 0.374. The Kier molecular flexibility index (Phi) is 1.85. The Morgan fingerprint density at radius 3 is 3.15 bits per heavy atom. The van der Waals surface area contributed by atoms with Crippen molar-refractivity contribution in [2.75, 3.05) is 0 Å². The molecule has 13 heavy (non-hydrogen) atoms. The van der Waals surface area contributed by atoms with Gasteiger partial charge in [-0.1, -0.05) is 6.07 Å². The molecule has 0 aliphatic carbocycles. The summed E-state index contributed by atoms with van der Waals surface area (Å²) in [6.45, 7) is 2.00. The highest BCUT2D eigenvalue weighted by atomic mass is 16.1. The van der Waals surface area contributed by atoms with Gasteiger partial charge < -0.3 is 9.20 Å². The van der Waals surface area contributed by atoms with E-state index in [-0.39, 0.29) is 0 Å². The van der Waals surface area contributed by atoms with Gasteiger partial charge in [0.1, 0.15) is 12.1 Å². The van der Waals surface area contributed by atoms with Crippen molar-refractivity contribution in [1.29, 1.82) is 0 Å². The molecule has 3 nitrogen and oxygen atoms in total. The summed E-state index contributed by atoms with van der Waals surface area (Å²) < 4.78 is 1.99. The first-order valence-electron chi connectivity index (χ1n) is 4.18. The van der Waals surface area contributed by atoms with Crippen LogP contribution in [0, 0.1) is 6.92 Å². The molecule has 2 heterocycles. The predicted molar refractivity (Wildman–Crippen MR) is 49.7 cm³/mol. The molecule has 0 aliphatic rings. The molecule has 2 rings (SSSR count). The number of fused-ring (bicyclic) bond motifs is 1. The lowest BCUT2D eigenvalue weighted by atomic mass is 10.3. The third-order valence-electron chi connectivity index (χ3n) is 2.09. The van der Waals surface area contributed by atoms with Gasteiger partial charge in [0.05, 0.1) is 18.1 Å². The smallest absolute Gasteiger partial charge is 0.127 e. The molecule has 0 aromatic carbocycles. The minimum absolute atomic E-state index is 0.374. The largest absolute Gasteiger partial charge is 0.303 e. The molecule has 0 atom stereocenters. The fraction of sp³-hybridized carbons (Fsp3) is 0.200. The van der Waals surface area contributed by atoms with Crippen molar-refractivity contribution < 1.29 is 4.79 Å². The Labute approximate surface area is 76.0 Å². The second-order valence-corrected chi connectivity index (χ2v) is 2.97. The number of hydrogen-bond donors (Lipinski definition) is 0. The first-order chi connectivity index (χ1) is 6.33. The van der Waals surface area contributed by atoms with Crippen LogP contribution in [0.25, 0.3) is 5.52 Å². The van der Waals surface area contributed by atoms with Gasteiger partial charge in [-0.15, -0.1) is 0 Å². The Morgan fingerprint density at radius 1 is 1.54 bits per heavy atom. The monoisotopic (exact) mass is 174 g/mol. The first-order valence-corrected chi connectivity index (χ1v) is 4.18. The summed E-state index contributed by atoms with van der Waals surface area (Å²) in [5.41, 5.74) is 2.14. The van der Waals surface area contributed by atoms with Crippen LogP contribution >= 0.6 is 0 Å². The van der Waals surface area contributed by atoms with E-state index >= 15 is 0 Å². The topological polar surface area (TPSA) is 34.4 Å². The Balaban J connectivity index is 2.70. The van der Waals surface area contributed by atoms with E-state index in [0.29, 0.717) is 6.42 Å². The molecule has 0 amide bonds. The van der Waals surface area contributed by atoms with Crippen LogP contribution in [0.3, 0.4) is 0 Å². The van der Waals surface area contributed by atoms with Crippen LogP contribution in [0.5, 0.6) is 0 Å². The molecule has 0 fully saturated rings. The molecule has 2 aromatic rings. The van der Waals surface area contributed by atoms with Gasteiger partial charge in [-0.3, -0.25) is 0 Å². The lowest BCUT2D eigenvalue weighted by Gasteiger charge is -2.01. The molecule has 0 radical (unpaired) electrons. The van der Waals surface area contributed by atoms with Gasteiger partial charge in [-0.25, -0.2) is 4.98 Å². The van der Waals surface area contributed by atoms with Crippen LogP contribution in [0.1, 0.15) is 11.5 Å².